The number of likely N-dealkylation sites (tertiary alicyclic amines) is 1. The standard InChI is InChI=1S/C16H27N3/c1-14-3-2-4-16(11-14)13-18-12-15-5-8-19(9-6-15)10-7-17/h2-4,11,15,18H,5-10,12-13,17H2,1H3. The molecule has 3 nitrogen and oxygen atoms in total. The van der Waals surface area contributed by atoms with Gasteiger partial charge in [-0.2, -0.15) is 0 Å². The first-order chi connectivity index (χ1) is 9.28. The van der Waals surface area contributed by atoms with Crippen LogP contribution >= 0.6 is 0 Å². The molecule has 1 saturated heterocycles. The fourth-order valence-electron chi connectivity index (χ4n) is 2.84. The summed E-state index contributed by atoms with van der Waals surface area (Å²) >= 11 is 0. The first kappa shape index (κ1) is 14.5. The molecule has 0 atom stereocenters. The Bertz CT molecular complexity index is 370. The summed E-state index contributed by atoms with van der Waals surface area (Å²) in [5.74, 6) is 0.832. The van der Waals surface area contributed by atoms with Crippen LogP contribution in [-0.2, 0) is 6.54 Å². The fraction of sp³-hybridized carbons (Fsp3) is 0.625. The lowest BCUT2D eigenvalue weighted by Gasteiger charge is -2.31. The molecule has 0 aliphatic carbocycles. The van der Waals surface area contributed by atoms with Crippen molar-refractivity contribution in [1.82, 2.24) is 10.2 Å². The molecule has 1 fully saturated rings. The highest BCUT2D eigenvalue weighted by molar-refractivity contribution is 5.21. The van der Waals surface area contributed by atoms with E-state index in [0.717, 1.165) is 32.1 Å². The van der Waals surface area contributed by atoms with Gasteiger partial charge in [0.05, 0.1) is 0 Å². The van der Waals surface area contributed by atoms with Gasteiger partial charge in [0.25, 0.3) is 0 Å². The number of nitrogens with two attached hydrogens (primary N) is 1. The van der Waals surface area contributed by atoms with Crippen LogP contribution < -0.4 is 11.1 Å². The molecule has 0 unspecified atom stereocenters. The topological polar surface area (TPSA) is 41.3 Å². The van der Waals surface area contributed by atoms with Gasteiger partial charge in [-0.25, -0.2) is 0 Å². The zero-order chi connectivity index (χ0) is 13.5. The van der Waals surface area contributed by atoms with Crippen LogP contribution in [0, 0.1) is 12.8 Å². The lowest BCUT2D eigenvalue weighted by Crippen LogP contribution is -2.39. The average Bonchev–Trinajstić information content (AvgIpc) is 2.41. The Morgan fingerprint density at radius 1 is 1.32 bits per heavy atom. The number of rotatable bonds is 6. The lowest BCUT2D eigenvalue weighted by atomic mass is 9.96. The van der Waals surface area contributed by atoms with Crippen LogP contribution in [0.15, 0.2) is 24.3 Å². The largest absolute Gasteiger partial charge is 0.329 e. The highest BCUT2D eigenvalue weighted by Gasteiger charge is 2.17. The number of aryl methyl sites for hydroxylation is 1. The zero-order valence-electron chi connectivity index (χ0n) is 12.1. The molecule has 1 aromatic carbocycles. The third kappa shape index (κ3) is 4.94. The summed E-state index contributed by atoms with van der Waals surface area (Å²) in [6.45, 7) is 8.56. The molecule has 1 aliphatic heterocycles. The van der Waals surface area contributed by atoms with Crippen molar-refractivity contribution >= 4 is 0 Å². The van der Waals surface area contributed by atoms with Crippen molar-refractivity contribution in [3.05, 3.63) is 35.4 Å². The second-order valence-electron chi connectivity index (χ2n) is 5.69. The van der Waals surface area contributed by atoms with Crippen LogP contribution in [-0.4, -0.2) is 37.6 Å². The number of hydrogen-bond donors (Lipinski definition) is 2. The average molecular weight is 261 g/mol. The van der Waals surface area contributed by atoms with Gasteiger partial charge in [0.2, 0.25) is 0 Å². The SMILES string of the molecule is Cc1cccc(CNCC2CCN(CCN)CC2)c1. The van der Waals surface area contributed by atoms with Crippen molar-refractivity contribution in [3.63, 3.8) is 0 Å². The van der Waals surface area contributed by atoms with E-state index in [9.17, 15) is 0 Å². The van der Waals surface area contributed by atoms with E-state index in [1.54, 1.807) is 0 Å². The minimum atomic E-state index is 0.788. The summed E-state index contributed by atoms with van der Waals surface area (Å²) in [4.78, 5) is 2.48. The second-order valence-corrected chi connectivity index (χ2v) is 5.69. The lowest BCUT2D eigenvalue weighted by molar-refractivity contribution is 0.186. The van der Waals surface area contributed by atoms with E-state index in [4.69, 9.17) is 5.73 Å². The van der Waals surface area contributed by atoms with Gasteiger partial charge in [0.1, 0.15) is 0 Å². The number of nitrogens with zero attached hydrogens (tertiary/aromatic N) is 1. The van der Waals surface area contributed by atoms with Gasteiger partial charge in [-0.3, -0.25) is 0 Å². The minimum Gasteiger partial charge on any atom is -0.329 e. The quantitative estimate of drug-likeness (QED) is 0.820. The predicted octanol–water partition coefficient (Wildman–Crippen LogP) is 1.76. The summed E-state index contributed by atoms with van der Waals surface area (Å²) in [6.07, 6.45) is 2.61. The van der Waals surface area contributed by atoms with Crippen molar-refractivity contribution in [2.45, 2.75) is 26.3 Å². The van der Waals surface area contributed by atoms with E-state index in [1.807, 2.05) is 0 Å². The molecule has 1 aromatic rings. The number of benzene rings is 1. The van der Waals surface area contributed by atoms with Crippen molar-refractivity contribution in [2.24, 2.45) is 11.7 Å². The molecule has 19 heavy (non-hydrogen) atoms. The normalized spacial score (nSPS) is 17.8. The summed E-state index contributed by atoms with van der Waals surface area (Å²) in [6, 6.07) is 8.75. The second kappa shape index (κ2) is 7.63. The Morgan fingerprint density at radius 2 is 2.11 bits per heavy atom. The van der Waals surface area contributed by atoms with E-state index < -0.39 is 0 Å². The fourth-order valence-corrected chi connectivity index (χ4v) is 2.84. The molecule has 106 valence electrons. The van der Waals surface area contributed by atoms with Crippen molar-refractivity contribution in [1.29, 1.82) is 0 Å². The van der Waals surface area contributed by atoms with Crippen LogP contribution in [0.25, 0.3) is 0 Å². The number of nitrogens with one attached hydrogen (secondary N) is 1. The minimum absolute atomic E-state index is 0.788. The molecule has 0 amide bonds. The molecule has 1 heterocycles. The van der Waals surface area contributed by atoms with Crippen molar-refractivity contribution in [2.75, 3.05) is 32.7 Å². The highest BCUT2D eigenvalue weighted by Crippen LogP contribution is 2.16. The van der Waals surface area contributed by atoms with Gasteiger partial charge in [0.15, 0.2) is 0 Å². The van der Waals surface area contributed by atoms with Gasteiger partial charge >= 0.3 is 0 Å². The Labute approximate surface area is 117 Å². The first-order valence-electron chi connectivity index (χ1n) is 7.46. The van der Waals surface area contributed by atoms with Crippen LogP contribution in [0.4, 0.5) is 0 Å². The molecule has 0 aromatic heterocycles. The van der Waals surface area contributed by atoms with Gasteiger partial charge in [-0.05, 0) is 50.9 Å². The van der Waals surface area contributed by atoms with E-state index in [0.29, 0.717) is 0 Å². The number of hydrogen-bond acceptors (Lipinski definition) is 3. The molecular weight excluding hydrogens is 234 g/mol. The van der Waals surface area contributed by atoms with Gasteiger partial charge in [0, 0.05) is 19.6 Å². The first-order valence-corrected chi connectivity index (χ1v) is 7.46. The summed E-state index contributed by atoms with van der Waals surface area (Å²) in [5, 5.41) is 3.60. The van der Waals surface area contributed by atoms with Crippen molar-refractivity contribution < 1.29 is 0 Å². The van der Waals surface area contributed by atoms with E-state index >= 15 is 0 Å². The van der Waals surface area contributed by atoms with Gasteiger partial charge in [-0.15, -0.1) is 0 Å². The third-order valence-corrected chi connectivity index (χ3v) is 4.00. The Balaban J connectivity index is 1.64. The maximum absolute atomic E-state index is 5.60. The van der Waals surface area contributed by atoms with Crippen LogP contribution in [0.5, 0.6) is 0 Å². The molecule has 0 saturated carbocycles. The van der Waals surface area contributed by atoms with Crippen LogP contribution in [0.3, 0.4) is 0 Å². The Morgan fingerprint density at radius 3 is 2.79 bits per heavy atom. The summed E-state index contributed by atoms with van der Waals surface area (Å²) < 4.78 is 0. The van der Waals surface area contributed by atoms with E-state index in [-0.39, 0.29) is 0 Å². The predicted molar refractivity (Wildman–Crippen MR) is 81.1 cm³/mol. The zero-order valence-corrected chi connectivity index (χ0v) is 12.1. The summed E-state index contributed by atoms with van der Waals surface area (Å²) in [7, 11) is 0. The van der Waals surface area contributed by atoms with Gasteiger partial charge in [-0.1, -0.05) is 29.8 Å². The summed E-state index contributed by atoms with van der Waals surface area (Å²) in [5.41, 5.74) is 8.33. The van der Waals surface area contributed by atoms with Gasteiger partial charge < -0.3 is 16.0 Å². The molecule has 0 radical (unpaired) electrons. The molecule has 0 bridgehead atoms. The van der Waals surface area contributed by atoms with Crippen LogP contribution in [0.2, 0.25) is 0 Å². The third-order valence-electron chi connectivity index (χ3n) is 4.00. The monoisotopic (exact) mass is 261 g/mol. The van der Waals surface area contributed by atoms with Crippen LogP contribution in [0.1, 0.15) is 24.0 Å². The molecule has 3 heteroatoms. The maximum Gasteiger partial charge on any atom is 0.0205 e. The van der Waals surface area contributed by atoms with Crippen molar-refractivity contribution in [3.8, 4) is 0 Å². The van der Waals surface area contributed by atoms with E-state index in [2.05, 4.69) is 41.4 Å². The Kier molecular flexibility index (Phi) is 5.83. The number of piperidine rings is 1. The molecule has 3 N–H and O–H groups in total. The molecule has 1 aliphatic rings. The maximum atomic E-state index is 5.60. The molecular formula is C16H27N3. The smallest absolute Gasteiger partial charge is 0.0205 e. The van der Waals surface area contributed by atoms with E-state index in [1.165, 1.54) is 37.1 Å². The molecule has 0 spiro atoms. The Hall–Kier alpha value is -0.900. The highest BCUT2D eigenvalue weighted by atomic mass is 15.1. The molecule has 2 rings (SSSR count).